The SMILES string of the molecule is COc1cc(/C=C/C(=O)/C=C(O)/C=C/c2ccc(OC(=O)[C@@H](N)CCSC)c(OC)c2)ccc1OC(=O)[C@@H](N)CCSC. The van der Waals surface area contributed by atoms with Crippen molar-refractivity contribution in [3.05, 3.63) is 71.5 Å². The predicted molar refractivity (Wildman–Crippen MR) is 173 cm³/mol. The smallest absolute Gasteiger partial charge is 0.328 e. The highest BCUT2D eigenvalue weighted by atomic mass is 32.2. The normalized spacial score (nSPS) is 13.1. The number of ether oxygens (including phenoxy) is 4. The van der Waals surface area contributed by atoms with E-state index in [4.69, 9.17) is 30.4 Å². The zero-order valence-corrected chi connectivity index (χ0v) is 26.2. The number of hydrogen-bond donors (Lipinski definition) is 3. The maximum Gasteiger partial charge on any atom is 0.328 e. The zero-order chi connectivity index (χ0) is 31.8. The molecule has 0 saturated carbocycles. The summed E-state index contributed by atoms with van der Waals surface area (Å²) in [4.78, 5) is 36.9. The molecule has 232 valence electrons. The molecular formula is C31H38N2O8S2. The number of hydrogen-bond acceptors (Lipinski definition) is 12. The molecule has 0 aliphatic carbocycles. The zero-order valence-electron chi connectivity index (χ0n) is 24.6. The molecule has 0 bridgehead atoms. The second-order valence-corrected chi connectivity index (χ2v) is 11.0. The third-order valence-corrected chi connectivity index (χ3v) is 7.13. The molecule has 0 fully saturated rings. The van der Waals surface area contributed by atoms with Crippen molar-refractivity contribution in [1.29, 1.82) is 0 Å². The summed E-state index contributed by atoms with van der Waals surface area (Å²) in [6, 6.07) is 8.17. The molecule has 0 saturated heterocycles. The maximum absolute atomic E-state index is 12.4. The third-order valence-electron chi connectivity index (χ3n) is 5.84. The first-order chi connectivity index (χ1) is 20.6. The lowest BCUT2D eigenvalue weighted by Gasteiger charge is -2.13. The van der Waals surface area contributed by atoms with E-state index in [1.165, 1.54) is 32.4 Å². The molecule has 0 heterocycles. The quantitative estimate of drug-likeness (QED) is 0.0744. The van der Waals surface area contributed by atoms with E-state index in [-0.39, 0.29) is 17.3 Å². The summed E-state index contributed by atoms with van der Waals surface area (Å²) < 4.78 is 21.4. The molecule has 2 aromatic carbocycles. The van der Waals surface area contributed by atoms with Gasteiger partial charge in [0.15, 0.2) is 28.8 Å². The van der Waals surface area contributed by atoms with Crippen molar-refractivity contribution in [3.63, 3.8) is 0 Å². The number of aliphatic hydroxyl groups is 1. The van der Waals surface area contributed by atoms with Crippen LogP contribution in [0.3, 0.4) is 0 Å². The van der Waals surface area contributed by atoms with Crippen LogP contribution in [0.5, 0.6) is 23.0 Å². The summed E-state index contributed by atoms with van der Waals surface area (Å²) in [7, 11) is 2.88. The number of thioether (sulfide) groups is 2. The van der Waals surface area contributed by atoms with Crippen LogP contribution in [0.25, 0.3) is 12.2 Å². The largest absolute Gasteiger partial charge is 0.508 e. The predicted octanol–water partition coefficient (Wildman–Crippen LogP) is 4.41. The lowest BCUT2D eigenvalue weighted by atomic mass is 10.1. The molecule has 0 aliphatic heterocycles. The third kappa shape index (κ3) is 12.2. The van der Waals surface area contributed by atoms with Crippen molar-refractivity contribution < 1.29 is 38.4 Å². The van der Waals surface area contributed by atoms with E-state index in [1.807, 2.05) is 12.5 Å². The van der Waals surface area contributed by atoms with Gasteiger partial charge >= 0.3 is 11.9 Å². The molecule has 0 aliphatic rings. The fraction of sp³-hybridized carbons (Fsp3) is 0.323. The number of allylic oxidation sites excluding steroid dienone is 3. The van der Waals surface area contributed by atoms with Gasteiger partial charge in [0.1, 0.15) is 17.8 Å². The number of ketones is 1. The Bertz CT molecular complexity index is 1340. The number of rotatable bonds is 17. The Morgan fingerprint density at radius 1 is 0.767 bits per heavy atom. The van der Waals surface area contributed by atoms with Gasteiger partial charge in [0.25, 0.3) is 0 Å². The van der Waals surface area contributed by atoms with Crippen LogP contribution in [0.15, 0.2) is 60.4 Å². The molecular weight excluding hydrogens is 592 g/mol. The maximum atomic E-state index is 12.4. The van der Waals surface area contributed by atoms with Gasteiger partial charge in [0, 0.05) is 6.08 Å². The summed E-state index contributed by atoms with van der Waals surface area (Å²) in [5, 5.41) is 10.2. The molecule has 2 atom stereocenters. The Kier molecular flexibility index (Phi) is 15.5. The summed E-state index contributed by atoms with van der Waals surface area (Å²) in [5.74, 6) is 0.678. The van der Waals surface area contributed by atoms with Crippen molar-refractivity contribution >= 4 is 53.4 Å². The second-order valence-electron chi connectivity index (χ2n) is 9.08. The van der Waals surface area contributed by atoms with Gasteiger partial charge in [-0.25, -0.2) is 9.59 Å². The Morgan fingerprint density at radius 2 is 1.21 bits per heavy atom. The molecule has 0 aromatic heterocycles. The van der Waals surface area contributed by atoms with Crippen LogP contribution >= 0.6 is 23.5 Å². The number of nitrogens with two attached hydrogens (primary N) is 2. The van der Waals surface area contributed by atoms with E-state index >= 15 is 0 Å². The van der Waals surface area contributed by atoms with Crippen LogP contribution in [0, 0.1) is 0 Å². The fourth-order valence-corrected chi connectivity index (χ4v) is 4.42. The van der Waals surface area contributed by atoms with Gasteiger partial charge in [-0.1, -0.05) is 24.3 Å². The van der Waals surface area contributed by atoms with E-state index in [0.717, 1.165) is 17.6 Å². The minimum absolute atomic E-state index is 0.218. The van der Waals surface area contributed by atoms with Crippen molar-refractivity contribution in [2.75, 3.05) is 38.2 Å². The van der Waals surface area contributed by atoms with Crippen LogP contribution in [-0.2, 0) is 14.4 Å². The molecule has 0 spiro atoms. The van der Waals surface area contributed by atoms with Crippen molar-refractivity contribution in [2.45, 2.75) is 24.9 Å². The van der Waals surface area contributed by atoms with Gasteiger partial charge in [0.2, 0.25) is 0 Å². The average Bonchev–Trinajstić information content (AvgIpc) is 3.01. The van der Waals surface area contributed by atoms with Crippen LogP contribution in [-0.4, -0.2) is 73.1 Å². The van der Waals surface area contributed by atoms with Gasteiger partial charge in [-0.2, -0.15) is 23.5 Å². The molecule has 2 rings (SSSR count). The van der Waals surface area contributed by atoms with Gasteiger partial charge in [-0.3, -0.25) is 4.79 Å². The first-order valence-corrected chi connectivity index (χ1v) is 16.0. The van der Waals surface area contributed by atoms with E-state index in [2.05, 4.69) is 0 Å². The van der Waals surface area contributed by atoms with Crippen LogP contribution < -0.4 is 30.4 Å². The Balaban J connectivity index is 2.03. The molecule has 2 aromatic rings. The molecule has 10 nitrogen and oxygen atoms in total. The molecule has 43 heavy (non-hydrogen) atoms. The minimum atomic E-state index is -0.743. The van der Waals surface area contributed by atoms with Crippen LogP contribution in [0.1, 0.15) is 24.0 Å². The number of carbonyl (C=O) groups is 3. The number of methoxy groups -OCH3 is 2. The first kappa shape index (κ1) is 35.5. The van der Waals surface area contributed by atoms with Gasteiger partial charge in [0.05, 0.1) is 14.2 Å². The highest BCUT2D eigenvalue weighted by Crippen LogP contribution is 2.30. The lowest BCUT2D eigenvalue weighted by Crippen LogP contribution is -2.34. The summed E-state index contributed by atoms with van der Waals surface area (Å²) in [6.45, 7) is 0. The van der Waals surface area contributed by atoms with Gasteiger partial charge in [-0.15, -0.1) is 0 Å². The summed E-state index contributed by atoms with van der Waals surface area (Å²) >= 11 is 3.18. The van der Waals surface area contributed by atoms with E-state index in [0.29, 0.717) is 35.5 Å². The fourth-order valence-electron chi connectivity index (χ4n) is 3.44. The summed E-state index contributed by atoms with van der Waals surface area (Å²) in [6.07, 6.45) is 11.6. The molecule has 0 amide bonds. The van der Waals surface area contributed by atoms with E-state index in [9.17, 15) is 19.5 Å². The van der Waals surface area contributed by atoms with Crippen LogP contribution in [0.4, 0.5) is 0 Å². The molecule has 0 radical (unpaired) electrons. The van der Waals surface area contributed by atoms with Crippen molar-refractivity contribution in [1.82, 2.24) is 0 Å². The number of aliphatic hydroxyl groups excluding tert-OH is 1. The van der Waals surface area contributed by atoms with Gasteiger partial charge < -0.3 is 35.5 Å². The molecule has 0 unspecified atom stereocenters. The van der Waals surface area contributed by atoms with Crippen molar-refractivity contribution in [3.8, 4) is 23.0 Å². The number of benzene rings is 2. The topological polar surface area (TPSA) is 160 Å². The highest BCUT2D eigenvalue weighted by Gasteiger charge is 2.19. The molecule has 12 heteroatoms. The number of carbonyl (C=O) groups excluding carboxylic acids is 3. The Hall–Kier alpha value is -3.71. The standard InChI is InChI=1S/C31H38N2O8S2/c1-38-28-17-20(7-11-26(28)40-30(36)24(32)13-15-42-3)5-9-22(34)19-23(35)10-6-21-8-12-27(29(18-21)39-2)41-31(37)25(33)14-16-43-4/h5-12,17-19,24-25,34H,13-16,32-33H2,1-4H3/b9-5+,10-6+,22-19-/t24-,25-/m0/s1. The number of esters is 2. The average molecular weight is 631 g/mol. The monoisotopic (exact) mass is 630 g/mol. The Morgan fingerprint density at radius 3 is 1.63 bits per heavy atom. The minimum Gasteiger partial charge on any atom is -0.508 e. The van der Waals surface area contributed by atoms with Crippen molar-refractivity contribution in [2.24, 2.45) is 11.5 Å². The van der Waals surface area contributed by atoms with E-state index in [1.54, 1.807) is 66.0 Å². The highest BCUT2D eigenvalue weighted by molar-refractivity contribution is 7.98. The van der Waals surface area contributed by atoms with Crippen LogP contribution in [0.2, 0.25) is 0 Å². The van der Waals surface area contributed by atoms with Gasteiger partial charge in [-0.05, 0) is 84.4 Å². The Labute approximate surface area is 260 Å². The first-order valence-electron chi connectivity index (χ1n) is 13.2. The summed E-state index contributed by atoms with van der Waals surface area (Å²) in [5.41, 5.74) is 13.0. The molecule has 5 N–H and O–H groups in total. The van der Waals surface area contributed by atoms with E-state index < -0.39 is 29.8 Å². The second kappa shape index (κ2) is 18.7. The lowest BCUT2D eigenvalue weighted by molar-refractivity contribution is -0.136.